The summed E-state index contributed by atoms with van der Waals surface area (Å²) in [6.07, 6.45) is 3.60. The number of anilines is 1. The van der Waals surface area contributed by atoms with Crippen LogP contribution in [0.5, 0.6) is 0 Å². The Morgan fingerprint density at radius 3 is 3.08 bits per heavy atom. The lowest BCUT2D eigenvalue weighted by Crippen LogP contribution is -2.13. The normalized spacial score (nSPS) is 10.3. The van der Waals surface area contributed by atoms with E-state index in [2.05, 4.69) is 10.3 Å². The molecular formula is C8H15N3O2. The Labute approximate surface area is 77.4 Å². The molecule has 1 rings (SSSR count). The van der Waals surface area contributed by atoms with Gasteiger partial charge in [0.2, 0.25) is 5.95 Å². The van der Waals surface area contributed by atoms with Gasteiger partial charge in [-0.3, -0.25) is 0 Å². The molecule has 0 aliphatic rings. The molecule has 0 atom stereocenters. The summed E-state index contributed by atoms with van der Waals surface area (Å²) in [6, 6.07) is 0. The summed E-state index contributed by atoms with van der Waals surface area (Å²) in [7, 11) is 1.92. The Morgan fingerprint density at radius 1 is 1.62 bits per heavy atom. The van der Waals surface area contributed by atoms with Crippen molar-refractivity contribution in [1.29, 1.82) is 0 Å². The third-order valence-electron chi connectivity index (χ3n) is 1.59. The molecule has 0 radical (unpaired) electrons. The van der Waals surface area contributed by atoms with Gasteiger partial charge in [0, 0.05) is 26.0 Å². The summed E-state index contributed by atoms with van der Waals surface area (Å²) in [4.78, 5) is 4.08. The minimum Gasteiger partial charge on any atom is -0.394 e. The highest BCUT2D eigenvalue weighted by molar-refractivity contribution is 5.24. The number of hydrogen-bond acceptors (Lipinski definition) is 4. The summed E-state index contributed by atoms with van der Waals surface area (Å²) < 4.78 is 6.97. The first-order valence-corrected chi connectivity index (χ1v) is 4.24. The first-order valence-electron chi connectivity index (χ1n) is 4.24. The zero-order valence-corrected chi connectivity index (χ0v) is 7.73. The van der Waals surface area contributed by atoms with Crippen molar-refractivity contribution >= 4 is 5.95 Å². The maximum atomic E-state index is 8.43. The summed E-state index contributed by atoms with van der Waals surface area (Å²) in [5, 5.41) is 11.5. The smallest absolute Gasteiger partial charge is 0.202 e. The predicted octanol–water partition coefficient (Wildman–Crippen LogP) is -0.159. The molecule has 0 fully saturated rings. The fourth-order valence-electron chi connectivity index (χ4n) is 0.938. The predicted molar refractivity (Wildman–Crippen MR) is 49.6 cm³/mol. The van der Waals surface area contributed by atoms with Crippen molar-refractivity contribution in [3.63, 3.8) is 0 Å². The summed E-state index contributed by atoms with van der Waals surface area (Å²) in [5.74, 6) is 0.826. The van der Waals surface area contributed by atoms with Crippen LogP contribution >= 0.6 is 0 Å². The van der Waals surface area contributed by atoms with Gasteiger partial charge in [0.1, 0.15) is 0 Å². The number of nitrogens with zero attached hydrogens (tertiary/aromatic N) is 2. The second-order valence-corrected chi connectivity index (χ2v) is 2.62. The van der Waals surface area contributed by atoms with Crippen molar-refractivity contribution in [2.24, 2.45) is 7.05 Å². The molecule has 0 spiro atoms. The Hall–Kier alpha value is -1.07. The molecule has 0 saturated carbocycles. The Balaban J connectivity index is 2.10. The summed E-state index contributed by atoms with van der Waals surface area (Å²) in [5.41, 5.74) is 0. The highest BCUT2D eigenvalue weighted by Crippen LogP contribution is 1.98. The monoisotopic (exact) mass is 185 g/mol. The Bertz CT molecular complexity index is 237. The van der Waals surface area contributed by atoms with Gasteiger partial charge in [-0.15, -0.1) is 0 Å². The van der Waals surface area contributed by atoms with E-state index in [1.54, 1.807) is 6.20 Å². The molecule has 1 aromatic rings. The van der Waals surface area contributed by atoms with E-state index in [4.69, 9.17) is 9.84 Å². The van der Waals surface area contributed by atoms with Crippen LogP contribution in [0.1, 0.15) is 0 Å². The van der Waals surface area contributed by atoms with Gasteiger partial charge in [0.25, 0.3) is 0 Å². The van der Waals surface area contributed by atoms with Gasteiger partial charge in [-0.2, -0.15) is 0 Å². The number of nitrogens with one attached hydrogen (secondary N) is 1. The van der Waals surface area contributed by atoms with Gasteiger partial charge in [-0.25, -0.2) is 4.98 Å². The van der Waals surface area contributed by atoms with Crippen LogP contribution in [0.4, 0.5) is 5.95 Å². The zero-order valence-electron chi connectivity index (χ0n) is 7.73. The highest BCUT2D eigenvalue weighted by atomic mass is 16.5. The van der Waals surface area contributed by atoms with E-state index in [-0.39, 0.29) is 6.61 Å². The average Bonchev–Trinajstić information content (AvgIpc) is 2.52. The number of ether oxygens (including phenoxy) is 1. The fraction of sp³-hybridized carbons (Fsp3) is 0.625. The minimum absolute atomic E-state index is 0.0718. The molecule has 0 aliphatic carbocycles. The number of aliphatic hydroxyl groups is 1. The minimum atomic E-state index is 0.0718. The van der Waals surface area contributed by atoms with Crippen LogP contribution in [0.25, 0.3) is 0 Å². The van der Waals surface area contributed by atoms with Gasteiger partial charge in [-0.05, 0) is 0 Å². The first kappa shape index (κ1) is 10.0. The van der Waals surface area contributed by atoms with E-state index < -0.39 is 0 Å². The standard InChI is InChI=1S/C8H15N3O2/c1-11-4-2-9-8(11)10-3-6-13-7-5-12/h2,4,12H,3,5-7H2,1H3,(H,9,10). The second kappa shape index (κ2) is 5.55. The summed E-state index contributed by atoms with van der Waals surface area (Å²) >= 11 is 0. The lowest BCUT2D eigenvalue weighted by Gasteiger charge is -2.05. The molecule has 0 aromatic carbocycles. The lowest BCUT2D eigenvalue weighted by atomic mass is 10.6. The van der Waals surface area contributed by atoms with Crippen LogP contribution in [-0.4, -0.2) is 41.0 Å². The van der Waals surface area contributed by atoms with E-state index in [0.29, 0.717) is 19.8 Å². The molecule has 0 unspecified atom stereocenters. The van der Waals surface area contributed by atoms with Gasteiger partial charge in [0.15, 0.2) is 0 Å². The third-order valence-corrected chi connectivity index (χ3v) is 1.59. The molecule has 13 heavy (non-hydrogen) atoms. The molecule has 0 amide bonds. The molecule has 5 nitrogen and oxygen atoms in total. The van der Waals surface area contributed by atoms with Crippen molar-refractivity contribution in [2.45, 2.75) is 0 Å². The van der Waals surface area contributed by atoms with Crippen molar-refractivity contribution in [1.82, 2.24) is 9.55 Å². The molecule has 0 bridgehead atoms. The molecular weight excluding hydrogens is 170 g/mol. The summed E-state index contributed by atoms with van der Waals surface area (Å²) in [6.45, 7) is 1.74. The van der Waals surface area contributed by atoms with Gasteiger partial charge in [-0.1, -0.05) is 0 Å². The van der Waals surface area contributed by atoms with Crippen LogP contribution in [0.3, 0.4) is 0 Å². The number of aryl methyl sites for hydroxylation is 1. The van der Waals surface area contributed by atoms with E-state index in [0.717, 1.165) is 5.95 Å². The molecule has 1 aromatic heterocycles. The maximum absolute atomic E-state index is 8.43. The van der Waals surface area contributed by atoms with Crippen molar-refractivity contribution in [2.75, 3.05) is 31.7 Å². The zero-order chi connectivity index (χ0) is 9.52. The molecule has 74 valence electrons. The first-order chi connectivity index (χ1) is 6.34. The highest BCUT2D eigenvalue weighted by Gasteiger charge is 1.95. The van der Waals surface area contributed by atoms with E-state index >= 15 is 0 Å². The Morgan fingerprint density at radius 2 is 2.46 bits per heavy atom. The molecule has 5 heteroatoms. The average molecular weight is 185 g/mol. The fourth-order valence-corrected chi connectivity index (χ4v) is 0.938. The van der Waals surface area contributed by atoms with Crippen LogP contribution < -0.4 is 5.32 Å². The quantitative estimate of drug-likeness (QED) is 0.605. The molecule has 1 heterocycles. The molecule has 2 N–H and O–H groups in total. The largest absolute Gasteiger partial charge is 0.394 e. The molecule has 0 aliphatic heterocycles. The van der Waals surface area contributed by atoms with Crippen LogP contribution in [0, 0.1) is 0 Å². The van der Waals surface area contributed by atoms with Crippen LogP contribution in [-0.2, 0) is 11.8 Å². The van der Waals surface area contributed by atoms with Gasteiger partial charge < -0.3 is 19.7 Å². The topological polar surface area (TPSA) is 59.3 Å². The third kappa shape index (κ3) is 3.43. The number of imidazole rings is 1. The van der Waals surface area contributed by atoms with Gasteiger partial charge >= 0.3 is 0 Å². The molecule has 0 saturated heterocycles. The Kier molecular flexibility index (Phi) is 4.28. The number of aliphatic hydroxyl groups excluding tert-OH is 1. The number of aromatic nitrogens is 2. The van der Waals surface area contributed by atoms with E-state index in [1.165, 1.54) is 0 Å². The second-order valence-electron chi connectivity index (χ2n) is 2.62. The number of hydrogen-bond donors (Lipinski definition) is 2. The van der Waals surface area contributed by atoms with E-state index in [1.807, 2.05) is 17.8 Å². The SMILES string of the molecule is Cn1ccnc1NCCOCCO. The van der Waals surface area contributed by atoms with Crippen LogP contribution in [0.15, 0.2) is 12.4 Å². The van der Waals surface area contributed by atoms with E-state index in [9.17, 15) is 0 Å². The van der Waals surface area contributed by atoms with Crippen molar-refractivity contribution in [3.8, 4) is 0 Å². The maximum Gasteiger partial charge on any atom is 0.202 e. The van der Waals surface area contributed by atoms with Crippen molar-refractivity contribution in [3.05, 3.63) is 12.4 Å². The lowest BCUT2D eigenvalue weighted by molar-refractivity contribution is 0.0991. The van der Waals surface area contributed by atoms with Gasteiger partial charge in [0.05, 0.1) is 19.8 Å². The number of rotatable bonds is 6. The van der Waals surface area contributed by atoms with Crippen molar-refractivity contribution < 1.29 is 9.84 Å². The van der Waals surface area contributed by atoms with Crippen LogP contribution in [0.2, 0.25) is 0 Å².